The van der Waals surface area contributed by atoms with Crippen molar-refractivity contribution >= 4 is 62.5 Å². The van der Waals surface area contributed by atoms with Crippen LogP contribution in [0.5, 0.6) is 0 Å². The molecule has 5 rings (SSSR count). The van der Waals surface area contributed by atoms with Gasteiger partial charge in [-0.15, -0.1) is 5.10 Å². The van der Waals surface area contributed by atoms with E-state index < -0.39 is 22.1 Å². The van der Waals surface area contributed by atoms with Gasteiger partial charge in [-0.3, -0.25) is 14.6 Å². The van der Waals surface area contributed by atoms with E-state index in [1.54, 1.807) is 18.2 Å². The minimum atomic E-state index is -4.25. The summed E-state index contributed by atoms with van der Waals surface area (Å²) in [6.07, 6.45) is 5.96. The Kier molecular flexibility index (Phi) is 7.92. The molecule has 40 heavy (non-hydrogen) atoms. The number of hydrogen-bond donors (Lipinski definition) is 2. The number of halogens is 2. The molecule has 2 N–H and O–H groups in total. The molecule has 2 aliphatic rings. The van der Waals surface area contributed by atoms with Crippen molar-refractivity contribution < 1.29 is 22.2 Å². The predicted molar refractivity (Wildman–Crippen MR) is 150 cm³/mol. The normalized spacial score (nSPS) is 17.6. The second-order valence-electron chi connectivity index (χ2n) is 9.37. The lowest BCUT2D eigenvalue weighted by atomic mass is 10.1. The van der Waals surface area contributed by atoms with E-state index >= 15 is 0 Å². The van der Waals surface area contributed by atoms with Crippen LogP contribution < -0.4 is 15.6 Å². The van der Waals surface area contributed by atoms with Gasteiger partial charge in [0.2, 0.25) is 11.8 Å². The summed E-state index contributed by atoms with van der Waals surface area (Å²) in [5.74, 6) is -0.674. The van der Waals surface area contributed by atoms with Crippen LogP contribution in [-0.2, 0) is 19.1 Å². The largest absolute Gasteiger partial charge is 0.361 e. The Morgan fingerprint density at radius 1 is 1.10 bits per heavy atom. The van der Waals surface area contributed by atoms with Gasteiger partial charge in [-0.05, 0) is 68.1 Å². The van der Waals surface area contributed by atoms with Crippen molar-refractivity contribution in [2.75, 3.05) is 10.3 Å². The van der Waals surface area contributed by atoms with Gasteiger partial charge in [0.15, 0.2) is 5.82 Å². The molecule has 1 saturated carbocycles. The monoisotopic (exact) mass is 602 g/mol. The first-order valence-electron chi connectivity index (χ1n) is 12.4. The number of benzene rings is 1. The van der Waals surface area contributed by atoms with Gasteiger partial charge in [-0.25, -0.2) is 9.99 Å². The SMILES string of the molecule is CC(NC(=O)c1cc(Cl)ccc1NC(=O)C1CC(OS(=O)(=O)c2ccncc2)=NN1c1ncccc1Cl)C1CC1. The summed E-state index contributed by atoms with van der Waals surface area (Å²) in [5, 5.41) is 11.7. The smallest absolute Gasteiger partial charge is 0.340 e. The second-order valence-corrected chi connectivity index (χ2v) is 11.8. The minimum absolute atomic E-state index is 0.0258. The molecule has 0 saturated heterocycles. The van der Waals surface area contributed by atoms with E-state index in [1.165, 1.54) is 47.9 Å². The number of anilines is 2. The summed E-state index contributed by atoms with van der Waals surface area (Å²) in [4.78, 5) is 34.6. The fourth-order valence-corrected chi connectivity index (χ4v) is 5.47. The van der Waals surface area contributed by atoms with Crippen molar-refractivity contribution in [3.05, 3.63) is 76.7 Å². The van der Waals surface area contributed by atoms with E-state index in [0.717, 1.165) is 12.8 Å². The van der Waals surface area contributed by atoms with Gasteiger partial charge >= 0.3 is 10.1 Å². The number of nitrogens with one attached hydrogen (secondary N) is 2. The van der Waals surface area contributed by atoms with Crippen LogP contribution >= 0.6 is 23.2 Å². The first-order valence-corrected chi connectivity index (χ1v) is 14.5. The molecule has 0 spiro atoms. The van der Waals surface area contributed by atoms with Crippen LogP contribution in [0.4, 0.5) is 11.5 Å². The molecule has 1 fully saturated rings. The first kappa shape index (κ1) is 27.8. The van der Waals surface area contributed by atoms with Gasteiger partial charge in [0.05, 0.1) is 22.7 Å². The summed E-state index contributed by atoms with van der Waals surface area (Å²) >= 11 is 12.5. The number of carbonyl (C=O) groups is 2. The van der Waals surface area contributed by atoms with Crippen molar-refractivity contribution in [2.24, 2.45) is 11.0 Å². The molecular weight excluding hydrogens is 579 g/mol. The maximum absolute atomic E-state index is 13.6. The van der Waals surface area contributed by atoms with Crippen LogP contribution in [0.15, 0.2) is 71.1 Å². The molecule has 2 atom stereocenters. The average molecular weight is 603 g/mol. The molecule has 2 aromatic heterocycles. The Morgan fingerprint density at radius 2 is 1.85 bits per heavy atom. The molecule has 2 amide bonds. The number of rotatable bonds is 8. The van der Waals surface area contributed by atoms with Gasteiger partial charge in [-0.2, -0.15) is 8.42 Å². The molecule has 11 nitrogen and oxygen atoms in total. The highest BCUT2D eigenvalue weighted by Crippen LogP contribution is 2.33. The summed E-state index contributed by atoms with van der Waals surface area (Å²) in [5.41, 5.74) is 0.409. The van der Waals surface area contributed by atoms with Crippen molar-refractivity contribution in [1.82, 2.24) is 15.3 Å². The van der Waals surface area contributed by atoms with Gasteiger partial charge in [0.1, 0.15) is 10.9 Å². The van der Waals surface area contributed by atoms with Gasteiger partial charge in [0.25, 0.3) is 5.91 Å². The van der Waals surface area contributed by atoms with Crippen molar-refractivity contribution in [3.63, 3.8) is 0 Å². The summed E-state index contributed by atoms with van der Waals surface area (Å²) in [6, 6.07) is 9.13. The van der Waals surface area contributed by atoms with E-state index in [-0.39, 0.29) is 51.3 Å². The van der Waals surface area contributed by atoms with Gasteiger partial charge < -0.3 is 14.8 Å². The number of aromatic nitrogens is 2. The Morgan fingerprint density at radius 3 is 2.55 bits per heavy atom. The van der Waals surface area contributed by atoms with Gasteiger partial charge in [-0.1, -0.05) is 23.2 Å². The van der Waals surface area contributed by atoms with Crippen molar-refractivity contribution in [2.45, 2.75) is 43.2 Å². The van der Waals surface area contributed by atoms with Crippen molar-refractivity contribution in [1.29, 1.82) is 0 Å². The molecule has 2 unspecified atom stereocenters. The standard InChI is InChI=1S/C26H24Cl2N6O5S/c1-15(16-4-5-16)31-25(35)19-13-17(27)6-7-21(19)32-26(36)22-14-23(33-34(22)24-20(28)3-2-10-30-24)39-40(37,38)18-8-11-29-12-9-18/h2-3,6-13,15-16,22H,4-5,14H2,1H3,(H,31,35)(H,32,36). The number of amides is 2. The molecule has 1 aliphatic carbocycles. The zero-order valence-electron chi connectivity index (χ0n) is 21.1. The maximum atomic E-state index is 13.6. The van der Waals surface area contributed by atoms with E-state index in [1.807, 2.05) is 6.92 Å². The number of nitrogens with zero attached hydrogens (tertiary/aromatic N) is 4. The molecule has 0 bridgehead atoms. The Bertz CT molecular complexity index is 1580. The molecule has 3 heterocycles. The van der Waals surface area contributed by atoms with Crippen LogP contribution in [0.3, 0.4) is 0 Å². The highest BCUT2D eigenvalue weighted by atomic mass is 35.5. The quantitative estimate of drug-likeness (QED) is 0.364. The number of pyridine rings is 2. The third-order valence-electron chi connectivity index (χ3n) is 6.46. The van der Waals surface area contributed by atoms with Crippen LogP contribution in [0.1, 0.15) is 36.5 Å². The predicted octanol–water partition coefficient (Wildman–Crippen LogP) is 4.25. The third-order valence-corrected chi connectivity index (χ3v) is 8.25. The van der Waals surface area contributed by atoms with Crippen LogP contribution in [0.25, 0.3) is 0 Å². The summed E-state index contributed by atoms with van der Waals surface area (Å²) < 4.78 is 30.9. The summed E-state index contributed by atoms with van der Waals surface area (Å²) in [6.45, 7) is 1.93. The van der Waals surface area contributed by atoms with E-state index in [9.17, 15) is 18.0 Å². The topological polar surface area (TPSA) is 143 Å². The lowest BCUT2D eigenvalue weighted by Crippen LogP contribution is -2.40. The maximum Gasteiger partial charge on any atom is 0.340 e. The highest BCUT2D eigenvalue weighted by molar-refractivity contribution is 7.87. The zero-order chi connectivity index (χ0) is 28.4. The molecule has 208 valence electrons. The molecule has 14 heteroatoms. The van der Waals surface area contributed by atoms with Crippen LogP contribution in [0, 0.1) is 5.92 Å². The lowest BCUT2D eigenvalue weighted by molar-refractivity contribution is -0.117. The van der Waals surface area contributed by atoms with E-state index in [4.69, 9.17) is 27.4 Å². The highest BCUT2D eigenvalue weighted by Gasteiger charge is 2.39. The fraction of sp³-hybridized carbons (Fsp3) is 0.269. The average Bonchev–Trinajstić information content (AvgIpc) is 3.71. The fourth-order valence-electron chi connectivity index (χ4n) is 4.19. The molecule has 1 aromatic carbocycles. The Hall–Kier alpha value is -3.74. The first-order chi connectivity index (χ1) is 19.1. The zero-order valence-corrected chi connectivity index (χ0v) is 23.4. The Labute approximate surface area is 240 Å². The minimum Gasteiger partial charge on any atom is -0.361 e. The Balaban J connectivity index is 1.41. The van der Waals surface area contributed by atoms with E-state index in [2.05, 4.69) is 25.7 Å². The molecule has 3 aromatic rings. The molecular formula is C26H24Cl2N6O5S. The summed E-state index contributed by atoms with van der Waals surface area (Å²) in [7, 11) is -4.25. The molecule has 0 radical (unpaired) electrons. The number of hydrazone groups is 1. The van der Waals surface area contributed by atoms with Crippen LogP contribution in [0.2, 0.25) is 10.0 Å². The van der Waals surface area contributed by atoms with Crippen LogP contribution in [-0.4, -0.2) is 48.2 Å². The third kappa shape index (κ3) is 6.19. The molecule has 1 aliphatic heterocycles. The van der Waals surface area contributed by atoms with Crippen molar-refractivity contribution in [3.8, 4) is 0 Å². The number of carbonyl (C=O) groups excluding carboxylic acids is 2. The van der Waals surface area contributed by atoms with Gasteiger partial charge in [0, 0.05) is 29.7 Å². The second kappa shape index (κ2) is 11.4. The number of hydrogen-bond acceptors (Lipinski definition) is 9. The lowest BCUT2D eigenvalue weighted by Gasteiger charge is -2.23. The van der Waals surface area contributed by atoms with E-state index in [0.29, 0.717) is 10.9 Å².